The van der Waals surface area contributed by atoms with Crippen LogP contribution in [0.1, 0.15) is 66.5 Å². The van der Waals surface area contributed by atoms with Gasteiger partial charge in [0.2, 0.25) is 15.9 Å². The van der Waals surface area contributed by atoms with E-state index in [1.165, 1.54) is 12.1 Å². The highest BCUT2D eigenvalue weighted by Crippen LogP contribution is 2.46. The number of benzene rings is 3. The van der Waals surface area contributed by atoms with Crippen molar-refractivity contribution >= 4 is 21.6 Å². The highest BCUT2D eigenvalue weighted by molar-refractivity contribution is 7.88. The predicted molar refractivity (Wildman–Crippen MR) is 170 cm³/mol. The number of aryl methyl sites for hydroxylation is 2. The Morgan fingerprint density at radius 3 is 2.07 bits per heavy atom. The molecule has 3 atom stereocenters. The number of hydrogen-bond donors (Lipinski definition) is 5. The Morgan fingerprint density at radius 2 is 1.49 bits per heavy atom. The second kappa shape index (κ2) is 15.4. The zero-order valence-electron chi connectivity index (χ0n) is 25.5. The normalized spacial score (nSPS) is 17.7. The molecule has 0 spiro atoms. The number of sulfonamides is 1. The number of nitrogens with zero attached hydrogens (tertiary/aromatic N) is 1. The summed E-state index contributed by atoms with van der Waals surface area (Å²) in [4.78, 5) is 15.3. The monoisotopic (exact) mass is 642 g/mol. The fourth-order valence-electron chi connectivity index (χ4n) is 5.77. The lowest BCUT2D eigenvalue weighted by Gasteiger charge is -2.48. The molecule has 0 radical (unpaired) electrons. The largest absolute Gasteiger partial charge is 0.393 e. The molecule has 1 heterocycles. The van der Waals surface area contributed by atoms with E-state index in [9.17, 15) is 38.0 Å². The van der Waals surface area contributed by atoms with Gasteiger partial charge in [0.15, 0.2) is 0 Å². The van der Waals surface area contributed by atoms with Crippen molar-refractivity contribution in [2.75, 3.05) is 30.9 Å². The van der Waals surface area contributed by atoms with E-state index in [4.69, 9.17) is 0 Å². The van der Waals surface area contributed by atoms with E-state index in [1.807, 2.05) is 48.5 Å². The summed E-state index contributed by atoms with van der Waals surface area (Å²) in [6, 6.07) is 21.0. The Labute approximate surface area is 264 Å². The molecule has 1 aliphatic rings. The molecule has 1 saturated heterocycles. The van der Waals surface area contributed by atoms with Crippen LogP contribution in [0.15, 0.2) is 72.8 Å². The minimum atomic E-state index is -3.23. The average Bonchev–Trinajstić information content (AvgIpc) is 3.02. The van der Waals surface area contributed by atoms with E-state index in [1.54, 1.807) is 17.0 Å². The van der Waals surface area contributed by atoms with Crippen LogP contribution in [0.3, 0.4) is 0 Å². The molecular weight excluding hydrogens is 599 g/mol. The van der Waals surface area contributed by atoms with E-state index in [2.05, 4.69) is 4.72 Å². The third-order valence-corrected chi connectivity index (χ3v) is 9.19. The van der Waals surface area contributed by atoms with Crippen molar-refractivity contribution in [2.45, 2.75) is 62.7 Å². The van der Waals surface area contributed by atoms with Gasteiger partial charge in [0.05, 0.1) is 37.5 Å². The van der Waals surface area contributed by atoms with Crippen LogP contribution in [0.2, 0.25) is 0 Å². The van der Waals surface area contributed by atoms with Crippen LogP contribution in [0.5, 0.6) is 0 Å². The first-order valence-corrected chi connectivity index (χ1v) is 17.2. The first-order chi connectivity index (χ1) is 21.4. The van der Waals surface area contributed by atoms with E-state index >= 15 is 0 Å². The van der Waals surface area contributed by atoms with Crippen molar-refractivity contribution in [2.24, 2.45) is 5.92 Å². The molecule has 0 unspecified atom stereocenters. The fourth-order valence-corrected chi connectivity index (χ4v) is 6.29. The first kappa shape index (κ1) is 34.7. The second-order valence-electron chi connectivity index (χ2n) is 12.0. The molecule has 3 aromatic carbocycles. The number of β-lactam (4-membered cyclic amide) rings is 1. The molecule has 1 fully saturated rings. The minimum absolute atomic E-state index is 0.0484. The molecule has 9 nitrogen and oxygen atoms in total. The van der Waals surface area contributed by atoms with Crippen LogP contribution < -0.4 is 9.62 Å². The number of carbonyl (C=O) groups is 1. The van der Waals surface area contributed by atoms with Gasteiger partial charge >= 0.3 is 0 Å². The Bertz CT molecular complexity index is 1500. The van der Waals surface area contributed by atoms with E-state index in [-0.39, 0.29) is 30.1 Å². The lowest BCUT2D eigenvalue weighted by Crippen LogP contribution is -2.55. The molecule has 1 aliphatic heterocycles. The van der Waals surface area contributed by atoms with E-state index in [0.29, 0.717) is 50.6 Å². The quantitative estimate of drug-likeness (QED) is 0.112. The number of aliphatic hydroxyl groups excluding tert-OH is 3. The average molecular weight is 643 g/mol. The SMILES string of the molecule is CS(=O)(=O)NCCCc1ccc(N2C(=O)[C@H](CC[C@H](O)c3ccc(F)cc3)[C@H]2c2ccc(CCCC(O)(CO)CO)cc2)cc1. The van der Waals surface area contributed by atoms with Gasteiger partial charge in [-0.2, -0.15) is 0 Å². The summed E-state index contributed by atoms with van der Waals surface area (Å²) in [6.45, 7) is -0.669. The summed E-state index contributed by atoms with van der Waals surface area (Å²) in [7, 11) is -3.23. The summed E-state index contributed by atoms with van der Waals surface area (Å²) in [5, 5.41) is 39.5. The van der Waals surface area contributed by atoms with Crippen LogP contribution in [0.25, 0.3) is 0 Å². The molecule has 11 heteroatoms. The van der Waals surface area contributed by atoms with E-state index in [0.717, 1.165) is 28.6 Å². The molecule has 0 aliphatic carbocycles. The van der Waals surface area contributed by atoms with Gasteiger partial charge in [-0.15, -0.1) is 0 Å². The smallest absolute Gasteiger partial charge is 0.233 e. The van der Waals surface area contributed by atoms with Crippen molar-refractivity contribution in [3.63, 3.8) is 0 Å². The summed E-state index contributed by atoms with van der Waals surface area (Å²) in [6.07, 6.45) is 3.87. The molecule has 45 heavy (non-hydrogen) atoms. The van der Waals surface area contributed by atoms with Gasteiger partial charge in [0, 0.05) is 12.2 Å². The predicted octanol–water partition coefficient (Wildman–Crippen LogP) is 3.56. The van der Waals surface area contributed by atoms with Gasteiger partial charge in [0.1, 0.15) is 11.4 Å². The first-order valence-electron chi connectivity index (χ1n) is 15.3. The van der Waals surface area contributed by atoms with Crippen molar-refractivity contribution in [1.82, 2.24) is 4.72 Å². The highest BCUT2D eigenvalue weighted by atomic mass is 32.2. The van der Waals surface area contributed by atoms with Crippen LogP contribution in [-0.2, 0) is 27.7 Å². The Morgan fingerprint density at radius 1 is 0.911 bits per heavy atom. The Kier molecular flexibility index (Phi) is 11.9. The van der Waals surface area contributed by atoms with Crippen molar-refractivity contribution in [1.29, 1.82) is 0 Å². The number of carbonyl (C=O) groups excluding carboxylic acids is 1. The van der Waals surface area contributed by atoms with Gasteiger partial charge in [-0.05, 0) is 91.5 Å². The number of aliphatic hydroxyl groups is 4. The van der Waals surface area contributed by atoms with Crippen molar-refractivity contribution < 1.29 is 38.0 Å². The zero-order valence-corrected chi connectivity index (χ0v) is 26.3. The van der Waals surface area contributed by atoms with E-state index < -0.39 is 34.9 Å². The van der Waals surface area contributed by atoms with Gasteiger partial charge in [-0.1, -0.05) is 48.5 Å². The third-order valence-electron chi connectivity index (χ3n) is 8.46. The Balaban J connectivity index is 1.47. The molecule has 0 aromatic heterocycles. The van der Waals surface area contributed by atoms with Crippen LogP contribution >= 0.6 is 0 Å². The number of halogens is 1. The summed E-state index contributed by atoms with van der Waals surface area (Å²) >= 11 is 0. The molecular formula is C34H43FN2O7S. The number of hydrogen-bond acceptors (Lipinski definition) is 7. The summed E-state index contributed by atoms with van der Waals surface area (Å²) in [5.74, 6) is -0.794. The van der Waals surface area contributed by atoms with Crippen molar-refractivity contribution in [3.05, 3.63) is 101 Å². The van der Waals surface area contributed by atoms with Crippen LogP contribution in [-0.4, -0.2) is 66.4 Å². The lowest BCUT2D eigenvalue weighted by atomic mass is 9.78. The maximum Gasteiger partial charge on any atom is 0.233 e. The highest BCUT2D eigenvalue weighted by Gasteiger charge is 2.48. The third kappa shape index (κ3) is 9.41. The maximum atomic E-state index is 13.6. The van der Waals surface area contributed by atoms with Gasteiger partial charge in [-0.3, -0.25) is 4.79 Å². The second-order valence-corrected chi connectivity index (χ2v) is 13.8. The molecule has 0 saturated carbocycles. The minimum Gasteiger partial charge on any atom is -0.393 e. The fraction of sp³-hybridized carbons (Fsp3) is 0.441. The molecule has 1 amide bonds. The summed E-state index contributed by atoms with van der Waals surface area (Å²) in [5.41, 5.74) is 2.83. The molecule has 4 rings (SSSR count). The topological polar surface area (TPSA) is 147 Å². The van der Waals surface area contributed by atoms with Crippen molar-refractivity contribution in [3.8, 4) is 0 Å². The number of rotatable bonds is 17. The summed E-state index contributed by atoms with van der Waals surface area (Å²) < 4.78 is 38.4. The standard InChI is InChI=1S/C34H43FN2O7S/c1-45(43,44)36-21-3-5-25-8-16-29(17-9-25)37-32(27-10-6-24(7-11-27)4-2-20-34(42,22-38)23-39)30(33(37)41)18-19-31(40)26-12-14-28(35)15-13-26/h6-17,30-32,36,38-40,42H,2-5,18-23H2,1H3/t30-,31+,32-/m1/s1. The number of nitrogens with one attached hydrogen (secondary N) is 1. The molecule has 0 bridgehead atoms. The van der Waals surface area contributed by atoms with Crippen LogP contribution in [0.4, 0.5) is 10.1 Å². The van der Waals surface area contributed by atoms with Crippen LogP contribution in [0, 0.1) is 11.7 Å². The molecule has 3 aromatic rings. The maximum absolute atomic E-state index is 13.6. The van der Waals surface area contributed by atoms with Gasteiger partial charge in [0.25, 0.3) is 0 Å². The number of amides is 1. The zero-order chi connectivity index (χ0) is 32.6. The molecule has 244 valence electrons. The Hall–Kier alpha value is -3.19. The van der Waals surface area contributed by atoms with Gasteiger partial charge in [-0.25, -0.2) is 17.5 Å². The lowest BCUT2D eigenvalue weighted by molar-refractivity contribution is -0.131. The van der Waals surface area contributed by atoms with Gasteiger partial charge < -0.3 is 25.3 Å². The number of anilines is 1. The molecule has 5 N–H and O–H groups in total.